The number of aromatic nitrogens is 1. The maximum Gasteiger partial charge on any atom is 0.149 e. The summed E-state index contributed by atoms with van der Waals surface area (Å²) in [5.74, 6) is -0.437. The van der Waals surface area contributed by atoms with Crippen LogP contribution in [0.2, 0.25) is 10.0 Å². The topological polar surface area (TPSA) is 12.9 Å². The van der Waals surface area contributed by atoms with E-state index in [1.807, 2.05) is 0 Å². The summed E-state index contributed by atoms with van der Waals surface area (Å²) in [7, 11) is 0. The number of benzene rings is 1. The van der Waals surface area contributed by atoms with E-state index in [2.05, 4.69) is 4.98 Å². The predicted molar refractivity (Wildman–Crippen MR) is 59.7 cm³/mol. The van der Waals surface area contributed by atoms with Crippen molar-refractivity contribution in [3.05, 3.63) is 52.4 Å². The Bertz CT molecular complexity index is 479. The largest absolute Gasteiger partial charge is 0.253 e. The molecule has 0 aliphatic heterocycles. The maximum absolute atomic E-state index is 13.5. The fourth-order valence-corrected chi connectivity index (χ4v) is 1.87. The molecule has 0 aliphatic carbocycles. The molecule has 0 N–H and O–H groups in total. The molecule has 0 atom stereocenters. The highest BCUT2D eigenvalue weighted by atomic mass is 35.5. The van der Waals surface area contributed by atoms with E-state index < -0.39 is 5.82 Å². The second-order valence-corrected chi connectivity index (χ2v) is 3.74. The summed E-state index contributed by atoms with van der Waals surface area (Å²) in [6.45, 7) is 0. The van der Waals surface area contributed by atoms with Gasteiger partial charge in [0, 0.05) is 11.8 Å². The van der Waals surface area contributed by atoms with Crippen LogP contribution >= 0.6 is 23.2 Å². The highest BCUT2D eigenvalue weighted by Crippen LogP contribution is 2.34. The summed E-state index contributed by atoms with van der Waals surface area (Å²) in [6, 6.07) is 7.84. The van der Waals surface area contributed by atoms with Gasteiger partial charge in [-0.15, -0.1) is 0 Å². The average Bonchev–Trinajstić information content (AvgIpc) is 2.20. The summed E-state index contributed by atoms with van der Waals surface area (Å²) in [4.78, 5) is 3.93. The second kappa shape index (κ2) is 4.17. The molecule has 1 aromatic heterocycles. The molecule has 4 heteroatoms. The van der Waals surface area contributed by atoms with Crippen molar-refractivity contribution in [1.82, 2.24) is 4.98 Å². The number of nitrogens with zero attached hydrogens (tertiary/aromatic N) is 1. The van der Waals surface area contributed by atoms with Crippen LogP contribution in [0, 0.1) is 5.82 Å². The van der Waals surface area contributed by atoms with E-state index in [-0.39, 0.29) is 5.69 Å². The second-order valence-electron chi connectivity index (χ2n) is 2.93. The van der Waals surface area contributed by atoms with Gasteiger partial charge in [0.2, 0.25) is 0 Å². The molecule has 0 bridgehead atoms. The van der Waals surface area contributed by atoms with Gasteiger partial charge in [0.1, 0.15) is 11.5 Å². The van der Waals surface area contributed by atoms with Crippen LogP contribution in [0.5, 0.6) is 0 Å². The minimum absolute atomic E-state index is 0.174. The summed E-state index contributed by atoms with van der Waals surface area (Å²) < 4.78 is 13.5. The van der Waals surface area contributed by atoms with Crippen LogP contribution in [0.3, 0.4) is 0 Å². The predicted octanol–water partition coefficient (Wildman–Crippen LogP) is 4.19. The monoisotopic (exact) mass is 241 g/mol. The standard InChI is InChI=1S/C11H6Cl2FN/c12-7-3-1-4-8(13)10(7)11-9(14)5-2-6-15-11/h1-6H. The normalized spacial score (nSPS) is 10.3. The summed E-state index contributed by atoms with van der Waals surface area (Å²) in [5.41, 5.74) is 0.604. The van der Waals surface area contributed by atoms with Gasteiger partial charge in [0.15, 0.2) is 0 Å². The average molecular weight is 242 g/mol. The van der Waals surface area contributed by atoms with Gasteiger partial charge in [0.05, 0.1) is 10.0 Å². The minimum Gasteiger partial charge on any atom is -0.253 e. The smallest absolute Gasteiger partial charge is 0.149 e. The van der Waals surface area contributed by atoms with E-state index in [1.165, 1.54) is 18.3 Å². The van der Waals surface area contributed by atoms with Gasteiger partial charge in [-0.05, 0) is 24.3 Å². The Balaban J connectivity index is 2.69. The van der Waals surface area contributed by atoms with Crippen molar-refractivity contribution >= 4 is 23.2 Å². The zero-order valence-electron chi connectivity index (χ0n) is 7.55. The van der Waals surface area contributed by atoms with Gasteiger partial charge in [0.25, 0.3) is 0 Å². The molecule has 15 heavy (non-hydrogen) atoms. The lowest BCUT2D eigenvalue weighted by Crippen LogP contribution is -1.89. The molecule has 0 saturated heterocycles. The van der Waals surface area contributed by atoms with Crippen molar-refractivity contribution in [3.63, 3.8) is 0 Å². The molecule has 76 valence electrons. The molecule has 0 amide bonds. The highest BCUT2D eigenvalue weighted by Gasteiger charge is 2.12. The minimum atomic E-state index is -0.437. The van der Waals surface area contributed by atoms with E-state index >= 15 is 0 Å². The molecular weight excluding hydrogens is 236 g/mol. The third-order valence-electron chi connectivity index (χ3n) is 1.96. The third kappa shape index (κ3) is 1.96. The van der Waals surface area contributed by atoms with E-state index in [0.29, 0.717) is 15.6 Å². The van der Waals surface area contributed by atoms with E-state index in [0.717, 1.165) is 0 Å². The lowest BCUT2D eigenvalue weighted by atomic mass is 10.1. The fraction of sp³-hybridized carbons (Fsp3) is 0. The third-order valence-corrected chi connectivity index (χ3v) is 2.59. The molecule has 0 spiro atoms. The number of halogens is 3. The SMILES string of the molecule is Fc1cccnc1-c1c(Cl)cccc1Cl. The van der Waals surface area contributed by atoms with Crippen molar-refractivity contribution in [2.75, 3.05) is 0 Å². The Morgan fingerprint density at radius 3 is 2.27 bits per heavy atom. The van der Waals surface area contributed by atoms with Crippen LogP contribution in [0.15, 0.2) is 36.5 Å². The zero-order chi connectivity index (χ0) is 10.8. The van der Waals surface area contributed by atoms with E-state index in [9.17, 15) is 4.39 Å². The van der Waals surface area contributed by atoms with Gasteiger partial charge < -0.3 is 0 Å². The first-order chi connectivity index (χ1) is 7.20. The van der Waals surface area contributed by atoms with Gasteiger partial charge in [-0.1, -0.05) is 29.3 Å². The first-order valence-corrected chi connectivity index (χ1v) is 5.00. The lowest BCUT2D eigenvalue weighted by molar-refractivity contribution is 0.626. The molecular formula is C11H6Cl2FN. The molecule has 0 fully saturated rings. The van der Waals surface area contributed by atoms with Gasteiger partial charge in [-0.3, -0.25) is 4.98 Å². The summed E-state index contributed by atoms with van der Waals surface area (Å²) in [5, 5.41) is 0.778. The quantitative estimate of drug-likeness (QED) is 0.730. The lowest BCUT2D eigenvalue weighted by Gasteiger charge is -2.06. The number of hydrogen-bond acceptors (Lipinski definition) is 1. The summed E-state index contributed by atoms with van der Waals surface area (Å²) in [6.07, 6.45) is 1.50. The van der Waals surface area contributed by atoms with Crippen LogP contribution in [-0.2, 0) is 0 Å². The van der Waals surface area contributed by atoms with E-state index in [1.54, 1.807) is 18.2 Å². The Morgan fingerprint density at radius 2 is 1.67 bits per heavy atom. The first-order valence-electron chi connectivity index (χ1n) is 4.25. The molecule has 0 radical (unpaired) electrons. The van der Waals surface area contributed by atoms with Crippen molar-refractivity contribution in [1.29, 1.82) is 0 Å². The first kappa shape index (κ1) is 10.4. The number of rotatable bonds is 1. The molecule has 1 aromatic carbocycles. The molecule has 0 aliphatic rings. The molecule has 1 nitrogen and oxygen atoms in total. The highest BCUT2D eigenvalue weighted by molar-refractivity contribution is 6.39. The van der Waals surface area contributed by atoms with Gasteiger partial charge >= 0.3 is 0 Å². The van der Waals surface area contributed by atoms with E-state index in [4.69, 9.17) is 23.2 Å². The van der Waals surface area contributed by atoms with Gasteiger partial charge in [-0.25, -0.2) is 4.39 Å². The Labute approximate surface area is 96.5 Å². The Hall–Kier alpha value is -1.12. The molecule has 0 unspecified atom stereocenters. The summed E-state index contributed by atoms with van der Waals surface area (Å²) >= 11 is 11.9. The number of hydrogen-bond donors (Lipinski definition) is 0. The van der Waals surface area contributed by atoms with Crippen molar-refractivity contribution < 1.29 is 4.39 Å². The van der Waals surface area contributed by atoms with Crippen molar-refractivity contribution in [2.24, 2.45) is 0 Å². The Morgan fingerprint density at radius 1 is 1.00 bits per heavy atom. The molecule has 0 saturated carbocycles. The fourth-order valence-electron chi connectivity index (χ4n) is 1.29. The van der Waals surface area contributed by atoms with Gasteiger partial charge in [-0.2, -0.15) is 0 Å². The van der Waals surface area contributed by atoms with Crippen molar-refractivity contribution in [2.45, 2.75) is 0 Å². The zero-order valence-corrected chi connectivity index (χ0v) is 9.06. The van der Waals surface area contributed by atoms with Crippen LogP contribution in [0.25, 0.3) is 11.3 Å². The molecule has 2 aromatic rings. The van der Waals surface area contributed by atoms with Crippen LogP contribution < -0.4 is 0 Å². The Kier molecular flexibility index (Phi) is 2.89. The van der Waals surface area contributed by atoms with Crippen molar-refractivity contribution in [3.8, 4) is 11.3 Å². The van der Waals surface area contributed by atoms with Crippen LogP contribution in [0.4, 0.5) is 4.39 Å². The molecule has 2 rings (SSSR count). The number of pyridine rings is 1. The molecule has 1 heterocycles. The van der Waals surface area contributed by atoms with Crippen LogP contribution in [0.1, 0.15) is 0 Å². The van der Waals surface area contributed by atoms with Crippen LogP contribution in [-0.4, -0.2) is 4.98 Å². The maximum atomic E-state index is 13.5.